The van der Waals surface area contributed by atoms with Crippen LogP contribution in [0, 0.1) is 0 Å². The van der Waals surface area contributed by atoms with Crippen LogP contribution in [0.15, 0.2) is 58.5 Å². The summed E-state index contributed by atoms with van der Waals surface area (Å²) in [6, 6.07) is 11.7. The fourth-order valence-electron chi connectivity index (χ4n) is 2.72. The molecule has 28 heavy (non-hydrogen) atoms. The van der Waals surface area contributed by atoms with Crippen LogP contribution in [0.5, 0.6) is 11.5 Å². The number of nitrogens with zero attached hydrogens (tertiary/aromatic N) is 1. The van der Waals surface area contributed by atoms with E-state index in [2.05, 4.69) is 0 Å². The number of ether oxygens (including phenoxy) is 2. The molecule has 1 heterocycles. The van der Waals surface area contributed by atoms with E-state index in [0.717, 1.165) is 10.3 Å². The average Bonchev–Trinajstić information content (AvgIpc) is 3.04. The molecule has 0 radical (unpaired) electrons. The van der Waals surface area contributed by atoms with E-state index in [0.29, 0.717) is 22.8 Å². The van der Waals surface area contributed by atoms with Gasteiger partial charge in [0, 0.05) is 27.8 Å². The molecule has 0 aliphatic carbocycles. The van der Waals surface area contributed by atoms with Gasteiger partial charge in [0.1, 0.15) is 11.5 Å². The van der Waals surface area contributed by atoms with E-state index in [4.69, 9.17) is 15.2 Å². The van der Waals surface area contributed by atoms with Crippen LogP contribution in [0.4, 0.5) is 0 Å². The first-order chi connectivity index (χ1) is 13.2. The van der Waals surface area contributed by atoms with E-state index >= 15 is 0 Å². The lowest BCUT2D eigenvalue weighted by molar-refractivity contribution is 0.414. The molecule has 2 N–H and O–H groups in total. The van der Waals surface area contributed by atoms with Gasteiger partial charge in [-0.2, -0.15) is 0 Å². The lowest BCUT2D eigenvalue weighted by Gasteiger charge is -2.17. The third-order valence-electron chi connectivity index (χ3n) is 4.16. The molecule has 0 atom stereocenters. The van der Waals surface area contributed by atoms with E-state index in [1.807, 2.05) is 19.9 Å². The lowest BCUT2D eigenvalue weighted by atomic mass is 10.1. The molecule has 0 aliphatic rings. The maximum Gasteiger partial charge on any atom is 0.268 e. The van der Waals surface area contributed by atoms with Crippen molar-refractivity contribution < 1.29 is 17.9 Å². The molecule has 0 saturated heterocycles. The minimum atomic E-state index is -3.77. The molecule has 0 amide bonds. The van der Waals surface area contributed by atoms with Crippen molar-refractivity contribution in [3.8, 4) is 11.5 Å². The Morgan fingerprint density at radius 2 is 1.64 bits per heavy atom. The van der Waals surface area contributed by atoms with Gasteiger partial charge in [-0.3, -0.25) is 0 Å². The molecule has 2 aromatic carbocycles. The minimum absolute atomic E-state index is 0.191. The molecule has 8 heteroatoms. The summed E-state index contributed by atoms with van der Waals surface area (Å²) in [6.07, 6.45) is 1.65. The lowest BCUT2D eigenvalue weighted by Crippen LogP contribution is -2.34. The van der Waals surface area contributed by atoms with Crippen molar-refractivity contribution in [3.63, 3.8) is 0 Å². The van der Waals surface area contributed by atoms with Gasteiger partial charge in [-0.15, -0.1) is 11.8 Å². The highest BCUT2D eigenvalue weighted by atomic mass is 32.2. The van der Waals surface area contributed by atoms with Crippen molar-refractivity contribution >= 4 is 32.7 Å². The fraction of sp³-hybridized carbons (Fsp3) is 0.300. The predicted octanol–water partition coefficient (Wildman–Crippen LogP) is 3.72. The number of nitrogens with two attached hydrogens (primary N) is 1. The molecule has 0 aliphatic heterocycles. The van der Waals surface area contributed by atoms with Crippen LogP contribution < -0.4 is 15.2 Å². The Bertz CT molecular complexity index is 1080. The molecule has 3 aromatic rings. The topological polar surface area (TPSA) is 83.6 Å². The highest BCUT2D eigenvalue weighted by molar-refractivity contribution is 7.99. The first-order valence-corrected chi connectivity index (χ1v) is 11.1. The third-order valence-corrected chi connectivity index (χ3v) is 7.37. The number of hydrogen-bond donors (Lipinski definition) is 1. The SMILES string of the molecule is COc1ccc(S(=O)(=O)n2cc(SCC(C)(C)N)c3cc(OC)ccc32)cc1. The molecule has 1 aromatic heterocycles. The number of rotatable bonds is 7. The van der Waals surface area contributed by atoms with Gasteiger partial charge in [-0.05, 0) is 56.3 Å². The number of benzene rings is 2. The number of thioether (sulfide) groups is 1. The monoisotopic (exact) mass is 420 g/mol. The second kappa shape index (κ2) is 7.69. The normalized spacial score (nSPS) is 12.3. The van der Waals surface area contributed by atoms with Crippen LogP contribution >= 0.6 is 11.8 Å². The summed E-state index contributed by atoms with van der Waals surface area (Å²) in [4.78, 5) is 1.03. The van der Waals surface area contributed by atoms with Crippen molar-refractivity contribution in [3.05, 3.63) is 48.7 Å². The van der Waals surface area contributed by atoms with Gasteiger partial charge in [-0.25, -0.2) is 12.4 Å². The molecule has 150 valence electrons. The third kappa shape index (κ3) is 4.14. The van der Waals surface area contributed by atoms with E-state index in [1.165, 1.54) is 15.7 Å². The molecule has 6 nitrogen and oxygen atoms in total. The van der Waals surface area contributed by atoms with Crippen LogP contribution in [0.25, 0.3) is 10.9 Å². The maximum atomic E-state index is 13.3. The standard InChI is InChI=1S/C20H24N2O4S2/c1-20(2,21)13-27-19-12-22(18-10-7-15(26-4)11-17(18)19)28(23,24)16-8-5-14(25-3)6-9-16/h5-12H,13,21H2,1-4H3. The number of hydrogen-bond acceptors (Lipinski definition) is 6. The second-order valence-corrected chi connectivity index (χ2v) is 9.96. The van der Waals surface area contributed by atoms with Crippen LogP contribution in [0.1, 0.15) is 13.8 Å². The van der Waals surface area contributed by atoms with Gasteiger partial charge < -0.3 is 15.2 Å². The van der Waals surface area contributed by atoms with E-state index < -0.39 is 10.0 Å². The summed E-state index contributed by atoms with van der Waals surface area (Å²) in [5, 5.41) is 0.811. The Hall–Kier alpha value is -2.16. The van der Waals surface area contributed by atoms with Crippen molar-refractivity contribution in [1.82, 2.24) is 3.97 Å². The average molecular weight is 421 g/mol. The Balaban J connectivity index is 2.13. The van der Waals surface area contributed by atoms with Crippen LogP contribution in [0.2, 0.25) is 0 Å². The zero-order valence-corrected chi connectivity index (χ0v) is 17.9. The van der Waals surface area contributed by atoms with E-state index in [1.54, 1.807) is 56.8 Å². The number of methoxy groups -OCH3 is 2. The summed E-state index contributed by atoms with van der Waals surface area (Å²) < 4.78 is 38.3. The largest absolute Gasteiger partial charge is 0.497 e. The van der Waals surface area contributed by atoms with Crippen molar-refractivity contribution in [1.29, 1.82) is 0 Å². The van der Waals surface area contributed by atoms with Gasteiger partial charge in [0.15, 0.2) is 0 Å². The van der Waals surface area contributed by atoms with Crippen LogP contribution in [0.3, 0.4) is 0 Å². The van der Waals surface area contributed by atoms with Gasteiger partial charge >= 0.3 is 0 Å². The minimum Gasteiger partial charge on any atom is -0.497 e. The fourth-order valence-corrected chi connectivity index (χ4v) is 5.18. The molecule has 3 rings (SSSR count). The van der Waals surface area contributed by atoms with E-state index in [9.17, 15) is 8.42 Å². The molecular weight excluding hydrogens is 396 g/mol. The summed E-state index contributed by atoms with van der Waals surface area (Å²) in [5.41, 5.74) is 6.32. The van der Waals surface area contributed by atoms with Gasteiger partial charge in [0.2, 0.25) is 0 Å². The van der Waals surface area contributed by atoms with Crippen molar-refractivity contribution in [2.45, 2.75) is 29.2 Å². The molecule has 0 saturated carbocycles. The highest BCUT2D eigenvalue weighted by Crippen LogP contribution is 2.35. The summed E-state index contributed by atoms with van der Waals surface area (Å²) in [7, 11) is -0.642. The number of fused-ring (bicyclic) bond motifs is 1. The predicted molar refractivity (Wildman–Crippen MR) is 113 cm³/mol. The first-order valence-electron chi connectivity index (χ1n) is 8.66. The molecule has 0 bridgehead atoms. The Kier molecular flexibility index (Phi) is 5.65. The molecule has 0 spiro atoms. The van der Waals surface area contributed by atoms with Crippen molar-refractivity contribution in [2.24, 2.45) is 5.73 Å². The van der Waals surface area contributed by atoms with Crippen molar-refractivity contribution in [2.75, 3.05) is 20.0 Å². The molecular formula is C20H24N2O4S2. The Morgan fingerprint density at radius 1 is 1.04 bits per heavy atom. The Morgan fingerprint density at radius 3 is 2.21 bits per heavy atom. The first kappa shape index (κ1) is 20.6. The summed E-state index contributed by atoms with van der Waals surface area (Å²) in [5.74, 6) is 1.91. The Labute approximate surface area is 169 Å². The quantitative estimate of drug-likeness (QED) is 0.587. The van der Waals surface area contributed by atoms with Gasteiger partial charge in [0.05, 0.1) is 24.6 Å². The van der Waals surface area contributed by atoms with Crippen LogP contribution in [-0.4, -0.2) is 37.9 Å². The molecule has 0 fully saturated rings. The van der Waals surface area contributed by atoms with Crippen LogP contribution in [-0.2, 0) is 10.0 Å². The zero-order valence-electron chi connectivity index (χ0n) is 16.3. The second-order valence-electron chi connectivity index (χ2n) is 7.13. The highest BCUT2D eigenvalue weighted by Gasteiger charge is 2.23. The van der Waals surface area contributed by atoms with Gasteiger partial charge in [-0.1, -0.05) is 0 Å². The summed E-state index contributed by atoms with van der Waals surface area (Å²) in [6.45, 7) is 3.88. The van der Waals surface area contributed by atoms with E-state index in [-0.39, 0.29) is 10.4 Å². The summed E-state index contributed by atoms with van der Waals surface area (Å²) >= 11 is 1.53. The smallest absolute Gasteiger partial charge is 0.268 e. The van der Waals surface area contributed by atoms with Gasteiger partial charge in [0.25, 0.3) is 10.0 Å². The molecule has 0 unspecified atom stereocenters. The maximum absolute atomic E-state index is 13.3. The number of aromatic nitrogens is 1. The zero-order chi connectivity index (χ0) is 20.5.